The summed E-state index contributed by atoms with van der Waals surface area (Å²) in [5, 5.41) is 10.6. The summed E-state index contributed by atoms with van der Waals surface area (Å²) in [6.07, 6.45) is 0.380. The highest BCUT2D eigenvalue weighted by atomic mass is 35.5. The molecule has 2 N–H and O–H groups in total. The summed E-state index contributed by atoms with van der Waals surface area (Å²) in [6.45, 7) is 1.41. The average molecular weight is 350 g/mol. The molecular formula is C17H17Cl2N3O. The smallest absolute Gasteiger partial charge is 0.131 e. The van der Waals surface area contributed by atoms with Crippen molar-refractivity contribution in [2.24, 2.45) is 4.99 Å². The first-order valence-electron chi connectivity index (χ1n) is 7.37. The van der Waals surface area contributed by atoms with Gasteiger partial charge in [0.15, 0.2) is 0 Å². The molecule has 4 nitrogen and oxygen atoms in total. The summed E-state index contributed by atoms with van der Waals surface area (Å²) in [5.74, 6) is 0.560. The van der Waals surface area contributed by atoms with E-state index in [0.717, 1.165) is 22.7 Å². The van der Waals surface area contributed by atoms with Crippen molar-refractivity contribution in [2.45, 2.75) is 19.1 Å². The highest BCUT2D eigenvalue weighted by Gasteiger charge is 2.27. The van der Waals surface area contributed by atoms with Crippen molar-refractivity contribution in [3.63, 3.8) is 0 Å². The quantitative estimate of drug-likeness (QED) is 0.813. The lowest BCUT2D eigenvalue weighted by Crippen LogP contribution is -2.38. The molecule has 2 aromatic rings. The molecule has 1 aliphatic heterocycles. The predicted molar refractivity (Wildman–Crippen MR) is 93.0 cm³/mol. The molecule has 1 heterocycles. The summed E-state index contributed by atoms with van der Waals surface area (Å²) in [5.41, 5.74) is 4.13. The van der Waals surface area contributed by atoms with Crippen molar-refractivity contribution in [1.82, 2.24) is 10.4 Å². The van der Waals surface area contributed by atoms with Crippen molar-refractivity contribution < 1.29 is 5.21 Å². The number of rotatable bonds is 3. The lowest BCUT2D eigenvalue weighted by Gasteiger charge is -2.34. The number of hydrogen-bond donors (Lipinski definition) is 2. The first-order valence-corrected chi connectivity index (χ1v) is 8.13. The van der Waals surface area contributed by atoms with Gasteiger partial charge in [-0.05, 0) is 17.7 Å². The van der Waals surface area contributed by atoms with Crippen molar-refractivity contribution in [3.05, 3.63) is 69.7 Å². The molecule has 1 unspecified atom stereocenters. The van der Waals surface area contributed by atoms with Crippen molar-refractivity contribution >= 4 is 29.0 Å². The van der Waals surface area contributed by atoms with Gasteiger partial charge in [0.05, 0.1) is 0 Å². The maximum Gasteiger partial charge on any atom is 0.131 e. The fourth-order valence-electron chi connectivity index (χ4n) is 2.71. The van der Waals surface area contributed by atoms with Crippen LogP contribution in [0.25, 0.3) is 0 Å². The van der Waals surface area contributed by atoms with Crippen LogP contribution < -0.4 is 5.48 Å². The number of hydroxylamine groups is 1. The molecule has 0 saturated carbocycles. The van der Waals surface area contributed by atoms with Gasteiger partial charge in [0, 0.05) is 35.1 Å². The second-order valence-corrected chi connectivity index (χ2v) is 6.21. The Morgan fingerprint density at radius 1 is 1.09 bits per heavy atom. The van der Waals surface area contributed by atoms with Crippen LogP contribution in [-0.2, 0) is 6.54 Å². The number of aliphatic imine (C=N–C) groups is 1. The Morgan fingerprint density at radius 3 is 2.48 bits per heavy atom. The van der Waals surface area contributed by atoms with E-state index in [4.69, 9.17) is 23.2 Å². The zero-order chi connectivity index (χ0) is 16.2. The minimum Gasteiger partial charge on any atom is -0.290 e. The molecule has 120 valence electrons. The Morgan fingerprint density at radius 2 is 1.78 bits per heavy atom. The SMILES string of the molecule is ONC1=NC(c2ccccc2Cl)N(Cc2ccccc2Cl)CC1. The summed E-state index contributed by atoms with van der Waals surface area (Å²) in [6, 6.07) is 15.4. The molecule has 0 radical (unpaired) electrons. The van der Waals surface area contributed by atoms with E-state index >= 15 is 0 Å². The van der Waals surface area contributed by atoms with Crippen LogP contribution in [0.1, 0.15) is 23.7 Å². The molecule has 2 aromatic carbocycles. The van der Waals surface area contributed by atoms with Gasteiger partial charge in [-0.15, -0.1) is 0 Å². The second kappa shape index (κ2) is 7.32. The van der Waals surface area contributed by atoms with E-state index in [2.05, 4.69) is 15.4 Å². The number of halogens is 2. The predicted octanol–water partition coefficient (Wildman–Crippen LogP) is 4.28. The Kier molecular flexibility index (Phi) is 5.18. The molecular weight excluding hydrogens is 333 g/mol. The first kappa shape index (κ1) is 16.3. The molecule has 0 aliphatic carbocycles. The maximum atomic E-state index is 9.19. The van der Waals surface area contributed by atoms with Crippen LogP contribution in [0, 0.1) is 0 Å². The highest BCUT2D eigenvalue weighted by Crippen LogP contribution is 2.33. The van der Waals surface area contributed by atoms with Gasteiger partial charge in [-0.2, -0.15) is 0 Å². The molecule has 0 saturated heterocycles. The lowest BCUT2D eigenvalue weighted by molar-refractivity contribution is 0.172. The van der Waals surface area contributed by atoms with Crippen LogP contribution in [0.15, 0.2) is 53.5 Å². The number of nitrogens with one attached hydrogen (secondary N) is 1. The van der Waals surface area contributed by atoms with Crippen LogP contribution in [0.2, 0.25) is 10.0 Å². The minimum atomic E-state index is -0.261. The lowest BCUT2D eigenvalue weighted by atomic mass is 10.1. The zero-order valence-corrected chi connectivity index (χ0v) is 13.9. The molecule has 6 heteroatoms. The van der Waals surface area contributed by atoms with Gasteiger partial charge in [0.1, 0.15) is 12.0 Å². The molecule has 0 fully saturated rings. The van der Waals surface area contributed by atoms with E-state index in [1.54, 1.807) is 0 Å². The molecule has 1 atom stereocenters. The van der Waals surface area contributed by atoms with Crippen LogP contribution in [-0.4, -0.2) is 22.5 Å². The molecule has 23 heavy (non-hydrogen) atoms. The molecule has 3 rings (SSSR count). The molecule has 0 amide bonds. The van der Waals surface area contributed by atoms with E-state index in [1.165, 1.54) is 0 Å². The van der Waals surface area contributed by atoms with E-state index in [9.17, 15) is 5.21 Å². The summed E-state index contributed by atoms with van der Waals surface area (Å²) >= 11 is 12.6. The first-order chi connectivity index (χ1) is 11.2. The largest absolute Gasteiger partial charge is 0.290 e. The van der Waals surface area contributed by atoms with Gasteiger partial charge in [0.25, 0.3) is 0 Å². The second-order valence-electron chi connectivity index (χ2n) is 5.39. The molecule has 1 aliphatic rings. The fourth-order valence-corrected chi connectivity index (χ4v) is 3.14. The molecule has 0 bridgehead atoms. The van der Waals surface area contributed by atoms with Crippen molar-refractivity contribution in [1.29, 1.82) is 0 Å². The summed E-state index contributed by atoms with van der Waals surface area (Å²) in [7, 11) is 0. The van der Waals surface area contributed by atoms with Crippen molar-refractivity contribution in [3.8, 4) is 0 Å². The van der Waals surface area contributed by atoms with Gasteiger partial charge < -0.3 is 0 Å². The maximum absolute atomic E-state index is 9.19. The Balaban J connectivity index is 1.94. The molecule has 0 spiro atoms. The van der Waals surface area contributed by atoms with E-state index < -0.39 is 0 Å². The number of hydrogen-bond acceptors (Lipinski definition) is 4. The van der Waals surface area contributed by atoms with Crippen LogP contribution in [0.3, 0.4) is 0 Å². The number of amidine groups is 1. The van der Waals surface area contributed by atoms with Gasteiger partial charge in [-0.1, -0.05) is 59.6 Å². The van der Waals surface area contributed by atoms with Gasteiger partial charge in [-0.3, -0.25) is 15.6 Å². The average Bonchev–Trinajstić information content (AvgIpc) is 2.58. The van der Waals surface area contributed by atoms with Crippen molar-refractivity contribution in [2.75, 3.05) is 6.54 Å². The Hall–Kier alpha value is -1.59. The topological polar surface area (TPSA) is 47.9 Å². The summed E-state index contributed by atoms with van der Waals surface area (Å²) < 4.78 is 0. The number of benzene rings is 2. The van der Waals surface area contributed by atoms with Gasteiger partial charge >= 0.3 is 0 Å². The van der Waals surface area contributed by atoms with Gasteiger partial charge in [0.2, 0.25) is 0 Å². The third kappa shape index (κ3) is 3.67. The normalized spacial score (nSPS) is 18.6. The highest BCUT2D eigenvalue weighted by molar-refractivity contribution is 6.31. The molecule has 0 aromatic heterocycles. The van der Waals surface area contributed by atoms with E-state index in [1.807, 2.05) is 48.5 Å². The Labute approximate surface area is 145 Å². The fraction of sp³-hybridized carbons (Fsp3) is 0.235. The van der Waals surface area contributed by atoms with Crippen LogP contribution >= 0.6 is 23.2 Å². The standard InChI is InChI=1S/C17H17Cl2N3O/c18-14-7-3-1-5-12(14)11-22-10-9-16(21-23)20-17(22)13-6-2-4-8-15(13)19/h1-8,17,23H,9-11H2,(H,20,21). The zero-order valence-electron chi connectivity index (χ0n) is 12.4. The Bertz CT molecular complexity index is 720. The van der Waals surface area contributed by atoms with E-state index in [-0.39, 0.29) is 6.17 Å². The van der Waals surface area contributed by atoms with Crippen LogP contribution in [0.4, 0.5) is 0 Å². The van der Waals surface area contributed by atoms with Crippen LogP contribution in [0.5, 0.6) is 0 Å². The number of nitrogens with zero attached hydrogens (tertiary/aromatic N) is 2. The minimum absolute atomic E-state index is 0.261. The van der Waals surface area contributed by atoms with Gasteiger partial charge in [-0.25, -0.2) is 4.99 Å². The summed E-state index contributed by atoms with van der Waals surface area (Å²) in [4.78, 5) is 6.79. The third-order valence-corrected chi connectivity index (χ3v) is 4.62. The van der Waals surface area contributed by atoms with E-state index in [0.29, 0.717) is 23.8 Å². The third-order valence-electron chi connectivity index (χ3n) is 3.90. The monoisotopic (exact) mass is 349 g/mol.